The molecule has 7 heteroatoms. The Morgan fingerprint density at radius 3 is 2.84 bits per heavy atom. The number of benzene rings is 2. The zero-order valence-corrected chi connectivity index (χ0v) is 16.9. The lowest BCUT2D eigenvalue weighted by Gasteiger charge is -2.29. The summed E-state index contributed by atoms with van der Waals surface area (Å²) in [5, 5.41) is 0. The normalized spacial score (nSPS) is 15.0. The highest BCUT2D eigenvalue weighted by Crippen LogP contribution is 2.31. The molecule has 0 spiro atoms. The third-order valence-electron chi connectivity index (χ3n) is 4.66. The average Bonchev–Trinajstić information content (AvgIpc) is 2.79. The molecule has 1 aliphatic rings. The quantitative estimate of drug-likeness (QED) is 0.556. The summed E-state index contributed by atoms with van der Waals surface area (Å²) < 4.78 is 31.4. The van der Waals surface area contributed by atoms with Crippen LogP contribution < -0.4 is 14.2 Å². The average molecular weight is 420 g/mol. The van der Waals surface area contributed by atoms with Crippen molar-refractivity contribution in [3.8, 4) is 23.0 Å². The highest BCUT2D eigenvalue weighted by Gasteiger charge is 2.23. The van der Waals surface area contributed by atoms with Crippen molar-refractivity contribution in [3.05, 3.63) is 84.4 Å². The van der Waals surface area contributed by atoms with Gasteiger partial charge in [-0.15, -0.1) is 0 Å². The van der Waals surface area contributed by atoms with Crippen molar-refractivity contribution >= 4 is 12.0 Å². The third-order valence-corrected chi connectivity index (χ3v) is 4.66. The van der Waals surface area contributed by atoms with Gasteiger partial charge in [0.2, 0.25) is 5.91 Å². The van der Waals surface area contributed by atoms with Crippen LogP contribution in [0.3, 0.4) is 0 Å². The summed E-state index contributed by atoms with van der Waals surface area (Å²) in [6, 6.07) is 15.3. The van der Waals surface area contributed by atoms with E-state index in [-0.39, 0.29) is 17.8 Å². The maximum absolute atomic E-state index is 14.3. The number of nitrogens with zero attached hydrogens (tertiary/aromatic N) is 2. The van der Waals surface area contributed by atoms with E-state index in [1.165, 1.54) is 29.3 Å². The first-order chi connectivity index (χ1) is 15.1. The van der Waals surface area contributed by atoms with Crippen molar-refractivity contribution in [3.63, 3.8) is 0 Å². The molecule has 0 saturated carbocycles. The molecule has 6 nitrogen and oxygen atoms in total. The van der Waals surface area contributed by atoms with Crippen LogP contribution in [0.1, 0.15) is 5.56 Å². The number of halogens is 1. The molecule has 2 aromatic carbocycles. The molecule has 1 aromatic heterocycles. The Hall–Kier alpha value is -3.87. The Morgan fingerprint density at radius 1 is 1.23 bits per heavy atom. The first-order valence-electron chi connectivity index (χ1n) is 9.77. The lowest BCUT2D eigenvalue weighted by molar-refractivity contribution is -0.126. The fourth-order valence-corrected chi connectivity index (χ4v) is 3.08. The van der Waals surface area contributed by atoms with Crippen molar-refractivity contribution in [2.24, 2.45) is 0 Å². The van der Waals surface area contributed by atoms with E-state index < -0.39 is 5.82 Å². The van der Waals surface area contributed by atoms with E-state index >= 15 is 0 Å². The summed E-state index contributed by atoms with van der Waals surface area (Å²) in [6.07, 6.45) is 5.80. The maximum atomic E-state index is 14.3. The number of likely N-dealkylation sites (N-methyl/N-ethyl adjacent to an activating group) is 1. The Bertz CT molecular complexity index is 1090. The highest BCUT2D eigenvalue weighted by molar-refractivity contribution is 5.91. The second kappa shape index (κ2) is 9.30. The third kappa shape index (κ3) is 5.19. The highest BCUT2D eigenvalue weighted by atomic mass is 19.1. The number of amides is 1. The van der Waals surface area contributed by atoms with Gasteiger partial charge < -0.3 is 19.1 Å². The first kappa shape index (κ1) is 20.4. The molecule has 4 rings (SSSR count). The van der Waals surface area contributed by atoms with Crippen molar-refractivity contribution < 1.29 is 23.4 Å². The summed E-state index contributed by atoms with van der Waals surface area (Å²) in [5.41, 5.74) is 0.545. The molecule has 3 aromatic rings. The molecule has 158 valence electrons. The van der Waals surface area contributed by atoms with Crippen molar-refractivity contribution in [1.29, 1.82) is 0 Å². The van der Waals surface area contributed by atoms with Crippen LogP contribution in [0.5, 0.6) is 23.0 Å². The van der Waals surface area contributed by atoms with Crippen LogP contribution in [0, 0.1) is 5.82 Å². The van der Waals surface area contributed by atoms with Crippen LogP contribution in [0.2, 0.25) is 0 Å². The van der Waals surface area contributed by atoms with Crippen LogP contribution >= 0.6 is 0 Å². The van der Waals surface area contributed by atoms with E-state index in [1.54, 1.807) is 37.5 Å². The summed E-state index contributed by atoms with van der Waals surface area (Å²) in [5.74, 6) is 1.14. The molecule has 0 fully saturated rings. The number of pyridine rings is 1. The Labute approximate surface area is 179 Å². The Morgan fingerprint density at radius 2 is 2.06 bits per heavy atom. The SMILES string of the molecule is CN(CC1COc2ccccc2O1)C(=O)/C=C/c1ccc(Oc2cccnc2)c(F)c1. The van der Waals surface area contributed by atoms with Gasteiger partial charge in [0, 0.05) is 19.3 Å². The van der Waals surface area contributed by atoms with Gasteiger partial charge in [-0.3, -0.25) is 9.78 Å². The number of hydrogen-bond donors (Lipinski definition) is 0. The van der Waals surface area contributed by atoms with Crippen LogP contribution in [0.25, 0.3) is 6.08 Å². The molecule has 2 heterocycles. The molecular weight excluding hydrogens is 399 g/mol. The number of fused-ring (bicyclic) bond motifs is 1. The minimum Gasteiger partial charge on any atom is -0.486 e. The summed E-state index contributed by atoms with van der Waals surface area (Å²) in [4.78, 5) is 17.9. The van der Waals surface area contributed by atoms with Crippen molar-refractivity contribution in [2.75, 3.05) is 20.2 Å². The zero-order chi connectivity index (χ0) is 21.6. The predicted molar refractivity (Wildman–Crippen MR) is 114 cm³/mol. The van der Waals surface area contributed by atoms with Crippen LogP contribution in [0.4, 0.5) is 4.39 Å². The minimum atomic E-state index is -0.529. The maximum Gasteiger partial charge on any atom is 0.246 e. The number of aromatic nitrogens is 1. The van der Waals surface area contributed by atoms with Gasteiger partial charge in [0.25, 0.3) is 0 Å². The Balaban J connectivity index is 1.33. The topological polar surface area (TPSA) is 60.9 Å². The summed E-state index contributed by atoms with van der Waals surface area (Å²) in [7, 11) is 1.68. The number of carbonyl (C=O) groups is 1. The smallest absolute Gasteiger partial charge is 0.246 e. The van der Waals surface area contributed by atoms with E-state index in [2.05, 4.69) is 4.98 Å². The molecule has 31 heavy (non-hydrogen) atoms. The summed E-state index contributed by atoms with van der Waals surface area (Å²) >= 11 is 0. The molecule has 0 radical (unpaired) electrons. The number of carbonyl (C=O) groups excluding carboxylic acids is 1. The lowest BCUT2D eigenvalue weighted by Crippen LogP contribution is -2.41. The van der Waals surface area contributed by atoms with E-state index in [4.69, 9.17) is 14.2 Å². The fraction of sp³-hybridized carbons (Fsp3) is 0.167. The first-order valence-corrected chi connectivity index (χ1v) is 9.77. The Kier molecular flexibility index (Phi) is 6.12. The molecule has 0 N–H and O–H groups in total. The minimum absolute atomic E-state index is 0.0864. The van der Waals surface area contributed by atoms with Gasteiger partial charge in [-0.1, -0.05) is 18.2 Å². The summed E-state index contributed by atoms with van der Waals surface area (Å²) in [6.45, 7) is 0.728. The van der Waals surface area contributed by atoms with E-state index in [9.17, 15) is 9.18 Å². The van der Waals surface area contributed by atoms with E-state index in [1.807, 2.05) is 24.3 Å². The van der Waals surface area contributed by atoms with Gasteiger partial charge in [-0.2, -0.15) is 0 Å². The fourth-order valence-electron chi connectivity index (χ4n) is 3.08. The van der Waals surface area contributed by atoms with Gasteiger partial charge >= 0.3 is 0 Å². The molecule has 0 bridgehead atoms. The largest absolute Gasteiger partial charge is 0.486 e. The van der Waals surface area contributed by atoms with Crippen LogP contribution in [-0.2, 0) is 4.79 Å². The van der Waals surface area contributed by atoms with Crippen LogP contribution in [-0.4, -0.2) is 42.1 Å². The number of ether oxygens (including phenoxy) is 3. The molecule has 1 amide bonds. The van der Waals surface area contributed by atoms with E-state index in [0.717, 1.165) is 0 Å². The van der Waals surface area contributed by atoms with E-state index in [0.29, 0.717) is 36.0 Å². The number of rotatable bonds is 6. The molecule has 1 aliphatic heterocycles. The van der Waals surface area contributed by atoms with Gasteiger partial charge in [-0.05, 0) is 48.0 Å². The lowest BCUT2D eigenvalue weighted by atomic mass is 10.2. The number of para-hydroxylation sites is 2. The van der Waals surface area contributed by atoms with Gasteiger partial charge in [0.05, 0.1) is 12.7 Å². The molecule has 0 saturated heterocycles. The standard InChI is InChI=1S/C24H21FN2O4/c1-27(15-19-16-29-22-6-2-3-7-23(22)31-19)24(28)11-9-17-8-10-21(20(25)13-17)30-18-5-4-12-26-14-18/h2-14,19H,15-16H2,1H3/b11-9+. The van der Waals surface area contributed by atoms with Crippen molar-refractivity contribution in [2.45, 2.75) is 6.10 Å². The molecule has 0 aliphatic carbocycles. The van der Waals surface area contributed by atoms with Gasteiger partial charge in [0.15, 0.2) is 29.2 Å². The zero-order valence-electron chi connectivity index (χ0n) is 16.9. The van der Waals surface area contributed by atoms with Gasteiger partial charge in [-0.25, -0.2) is 4.39 Å². The monoisotopic (exact) mass is 420 g/mol. The molecule has 1 atom stereocenters. The van der Waals surface area contributed by atoms with Crippen molar-refractivity contribution in [1.82, 2.24) is 9.88 Å². The molecule has 1 unspecified atom stereocenters. The predicted octanol–water partition coefficient (Wildman–Crippen LogP) is 4.32. The molecular formula is C24H21FN2O4. The van der Waals surface area contributed by atoms with Crippen LogP contribution in [0.15, 0.2) is 73.1 Å². The number of hydrogen-bond acceptors (Lipinski definition) is 5. The second-order valence-corrected chi connectivity index (χ2v) is 7.03. The van der Waals surface area contributed by atoms with Gasteiger partial charge in [0.1, 0.15) is 12.4 Å². The second-order valence-electron chi connectivity index (χ2n) is 7.03.